The van der Waals surface area contributed by atoms with Crippen LogP contribution in [0.4, 0.5) is 8.78 Å². The molecule has 0 heterocycles. The number of hydrogen-bond donors (Lipinski definition) is 1. The van der Waals surface area contributed by atoms with Crippen molar-refractivity contribution in [2.45, 2.75) is 40.4 Å². The number of ether oxygens (including phenoxy) is 2. The predicted octanol–water partition coefficient (Wildman–Crippen LogP) is 3.80. The molecule has 0 radical (unpaired) electrons. The Balaban J connectivity index is 0.00000154. The Morgan fingerprint density at radius 2 is 1.74 bits per heavy atom. The minimum Gasteiger partial charge on any atom is -0.487 e. The molecular formula is C13H18F2O4. The zero-order valence-electron chi connectivity index (χ0n) is 11.3. The van der Waals surface area contributed by atoms with Crippen LogP contribution in [0, 0.1) is 0 Å². The number of hydrogen-bond acceptors (Lipinski definition) is 3. The van der Waals surface area contributed by atoms with Crippen molar-refractivity contribution in [1.29, 1.82) is 0 Å². The van der Waals surface area contributed by atoms with Crippen LogP contribution in [0.3, 0.4) is 0 Å². The molecule has 1 aromatic carbocycles. The Morgan fingerprint density at radius 3 is 2.16 bits per heavy atom. The number of benzene rings is 1. The monoisotopic (exact) mass is 276 g/mol. The summed E-state index contributed by atoms with van der Waals surface area (Å²) in [5.74, 6) is -1.36. The van der Waals surface area contributed by atoms with Crippen molar-refractivity contribution in [2.24, 2.45) is 0 Å². The Bertz CT molecular complexity index is 406. The number of alkyl halides is 2. The molecule has 108 valence electrons. The molecule has 0 aromatic heterocycles. The molecule has 0 spiro atoms. The van der Waals surface area contributed by atoms with Gasteiger partial charge in [-0.25, -0.2) is 4.79 Å². The van der Waals surface area contributed by atoms with Gasteiger partial charge in [0.15, 0.2) is 11.5 Å². The first-order valence-electron chi connectivity index (χ1n) is 5.89. The summed E-state index contributed by atoms with van der Waals surface area (Å²) in [6.07, 6.45) is -0.279. The summed E-state index contributed by atoms with van der Waals surface area (Å²) >= 11 is 0. The van der Waals surface area contributed by atoms with Crippen molar-refractivity contribution in [2.75, 3.05) is 0 Å². The highest BCUT2D eigenvalue weighted by molar-refractivity contribution is 5.88. The van der Waals surface area contributed by atoms with E-state index in [0.29, 0.717) is 0 Å². The molecule has 1 N–H and O–H groups in total. The van der Waals surface area contributed by atoms with Gasteiger partial charge in [0, 0.05) is 0 Å². The van der Waals surface area contributed by atoms with Crippen LogP contribution >= 0.6 is 0 Å². The van der Waals surface area contributed by atoms with E-state index >= 15 is 0 Å². The quantitative estimate of drug-likeness (QED) is 0.888. The number of rotatable bonds is 5. The number of aromatic carboxylic acids is 1. The third kappa shape index (κ3) is 6.03. The van der Waals surface area contributed by atoms with Crippen LogP contribution in [0.2, 0.25) is 0 Å². The fourth-order valence-electron chi connectivity index (χ4n) is 1.18. The molecule has 6 heteroatoms. The van der Waals surface area contributed by atoms with Crippen LogP contribution in [0.5, 0.6) is 11.5 Å². The Kier molecular flexibility index (Phi) is 7.48. The van der Waals surface area contributed by atoms with Crippen LogP contribution in [0.25, 0.3) is 0 Å². The second-order valence-corrected chi connectivity index (χ2v) is 3.51. The lowest BCUT2D eigenvalue weighted by atomic mass is 10.2. The molecule has 0 bridgehead atoms. The van der Waals surface area contributed by atoms with Crippen LogP contribution in [-0.4, -0.2) is 23.8 Å². The van der Waals surface area contributed by atoms with Crippen LogP contribution in [0.15, 0.2) is 18.2 Å². The van der Waals surface area contributed by atoms with Gasteiger partial charge in [-0.2, -0.15) is 8.78 Å². The topological polar surface area (TPSA) is 55.8 Å². The third-order valence-electron chi connectivity index (χ3n) is 1.77. The fourth-order valence-corrected chi connectivity index (χ4v) is 1.18. The van der Waals surface area contributed by atoms with Crippen LogP contribution in [-0.2, 0) is 0 Å². The number of carboxylic acid groups (broad SMARTS) is 1. The Labute approximate surface area is 111 Å². The van der Waals surface area contributed by atoms with Gasteiger partial charge in [-0.15, -0.1) is 0 Å². The molecule has 19 heavy (non-hydrogen) atoms. The lowest BCUT2D eigenvalue weighted by molar-refractivity contribution is -0.0518. The highest BCUT2D eigenvalue weighted by atomic mass is 19.3. The first-order valence-corrected chi connectivity index (χ1v) is 5.89. The highest BCUT2D eigenvalue weighted by Gasteiger charge is 2.15. The van der Waals surface area contributed by atoms with E-state index in [0.717, 1.165) is 12.1 Å². The van der Waals surface area contributed by atoms with E-state index in [1.807, 2.05) is 13.8 Å². The zero-order valence-corrected chi connectivity index (χ0v) is 11.3. The summed E-state index contributed by atoms with van der Waals surface area (Å²) < 4.78 is 33.7. The average molecular weight is 276 g/mol. The fraction of sp³-hybridized carbons (Fsp3) is 0.462. The highest BCUT2D eigenvalue weighted by Crippen LogP contribution is 2.30. The van der Waals surface area contributed by atoms with Crippen molar-refractivity contribution in [1.82, 2.24) is 0 Å². The Morgan fingerprint density at radius 1 is 1.16 bits per heavy atom. The lowest BCUT2D eigenvalue weighted by Crippen LogP contribution is -2.10. The van der Waals surface area contributed by atoms with Gasteiger partial charge in [0.25, 0.3) is 0 Å². The number of carboxylic acids is 1. The molecule has 0 aliphatic heterocycles. The van der Waals surface area contributed by atoms with Gasteiger partial charge in [-0.3, -0.25) is 0 Å². The van der Waals surface area contributed by atoms with Crippen molar-refractivity contribution in [3.63, 3.8) is 0 Å². The van der Waals surface area contributed by atoms with E-state index in [2.05, 4.69) is 4.74 Å². The summed E-state index contributed by atoms with van der Waals surface area (Å²) in [4.78, 5) is 10.7. The Hall–Kier alpha value is -1.85. The second kappa shape index (κ2) is 8.29. The van der Waals surface area contributed by atoms with E-state index < -0.39 is 12.6 Å². The molecule has 0 unspecified atom stereocenters. The maximum absolute atomic E-state index is 12.1. The van der Waals surface area contributed by atoms with Crippen molar-refractivity contribution < 1.29 is 28.2 Å². The van der Waals surface area contributed by atoms with Gasteiger partial charge < -0.3 is 14.6 Å². The summed E-state index contributed by atoms with van der Waals surface area (Å²) in [6.45, 7) is 4.40. The predicted molar refractivity (Wildman–Crippen MR) is 67.1 cm³/mol. The van der Waals surface area contributed by atoms with E-state index in [1.54, 1.807) is 13.8 Å². The summed E-state index contributed by atoms with van der Waals surface area (Å²) in [5, 5.41) is 8.77. The van der Waals surface area contributed by atoms with E-state index in [9.17, 15) is 13.6 Å². The van der Waals surface area contributed by atoms with Crippen LogP contribution in [0.1, 0.15) is 38.1 Å². The van der Waals surface area contributed by atoms with E-state index in [1.165, 1.54) is 6.07 Å². The molecular weight excluding hydrogens is 258 g/mol. The van der Waals surface area contributed by atoms with Gasteiger partial charge >= 0.3 is 12.6 Å². The van der Waals surface area contributed by atoms with Gasteiger partial charge in [-0.1, -0.05) is 13.8 Å². The standard InChI is InChI=1S/C11H12F2O4.C2H6/c1-6(2)16-9-5-7(10(14)15)3-4-8(9)17-11(12)13;1-2/h3-6,11H,1-2H3,(H,14,15);1-2H3. The first-order chi connectivity index (χ1) is 8.90. The normalized spacial score (nSPS) is 9.89. The summed E-state index contributed by atoms with van der Waals surface area (Å²) in [6, 6.07) is 3.47. The summed E-state index contributed by atoms with van der Waals surface area (Å²) in [5.41, 5.74) is -0.0535. The first kappa shape index (κ1) is 17.2. The number of halogens is 2. The zero-order chi connectivity index (χ0) is 15.0. The van der Waals surface area contributed by atoms with Crippen LogP contribution < -0.4 is 9.47 Å². The lowest BCUT2D eigenvalue weighted by Gasteiger charge is -2.15. The van der Waals surface area contributed by atoms with Gasteiger partial charge in [0.1, 0.15) is 0 Å². The van der Waals surface area contributed by atoms with E-state index in [4.69, 9.17) is 9.84 Å². The largest absolute Gasteiger partial charge is 0.487 e. The molecule has 0 aliphatic rings. The van der Waals surface area contributed by atoms with Gasteiger partial charge in [0.2, 0.25) is 0 Å². The molecule has 0 atom stereocenters. The molecule has 0 saturated carbocycles. The molecule has 0 saturated heterocycles. The third-order valence-corrected chi connectivity index (χ3v) is 1.77. The number of carbonyl (C=O) groups is 1. The molecule has 4 nitrogen and oxygen atoms in total. The second-order valence-electron chi connectivity index (χ2n) is 3.51. The van der Waals surface area contributed by atoms with Gasteiger partial charge in [0.05, 0.1) is 11.7 Å². The van der Waals surface area contributed by atoms with Gasteiger partial charge in [-0.05, 0) is 32.0 Å². The van der Waals surface area contributed by atoms with E-state index in [-0.39, 0.29) is 23.2 Å². The molecule has 0 amide bonds. The summed E-state index contributed by atoms with van der Waals surface area (Å²) in [7, 11) is 0. The van der Waals surface area contributed by atoms with Crippen molar-refractivity contribution in [3.8, 4) is 11.5 Å². The maximum atomic E-state index is 12.1. The maximum Gasteiger partial charge on any atom is 0.387 e. The minimum atomic E-state index is -2.99. The molecule has 1 rings (SSSR count). The average Bonchev–Trinajstić information content (AvgIpc) is 2.32. The molecule has 0 aliphatic carbocycles. The SMILES string of the molecule is CC.CC(C)Oc1cc(C(=O)O)ccc1OC(F)F. The molecule has 1 aromatic rings. The van der Waals surface area contributed by atoms with Crippen molar-refractivity contribution >= 4 is 5.97 Å². The van der Waals surface area contributed by atoms with Crippen molar-refractivity contribution in [3.05, 3.63) is 23.8 Å². The minimum absolute atomic E-state index is 0.0137. The molecule has 0 fully saturated rings. The smallest absolute Gasteiger partial charge is 0.387 e.